The summed E-state index contributed by atoms with van der Waals surface area (Å²) < 4.78 is 24.9. The average molecular weight is 399 g/mol. The van der Waals surface area contributed by atoms with E-state index in [1.165, 1.54) is 0 Å². The van der Waals surface area contributed by atoms with Crippen LogP contribution in [0.3, 0.4) is 0 Å². The van der Waals surface area contributed by atoms with Gasteiger partial charge in [-0.25, -0.2) is 13.2 Å². The van der Waals surface area contributed by atoms with E-state index >= 15 is 0 Å². The molecule has 2 heterocycles. The molecule has 148 valence electrons. The maximum Gasteiger partial charge on any atom is 0.325 e. The van der Waals surface area contributed by atoms with E-state index in [0.29, 0.717) is 6.54 Å². The van der Waals surface area contributed by atoms with Crippen LogP contribution in [0.25, 0.3) is 0 Å². The molecule has 0 aliphatic carbocycles. The van der Waals surface area contributed by atoms with Crippen molar-refractivity contribution in [3.8, 4) is 0 Å². The summed E-state index contributed by atoms with van der Waals surface area (Å²) in [5.41, 5.74) is 6.17. The molecule has 2 aromatic carbocycles. The number of benzene rings is 2. The molecule has 0 bridgehead atoms. The Morgan fingerprint density at radius 2 is 1.50 bits per heavy atom. The predicted molar refractivity (Wildman–Crippen MR) is 111 cm³/mol. The number of urea groups is 1. The van der Waals surface area contributed by atoms with Crippen molar-refractivity contribution in [2.75, 3.05) is 16.4 Å². The topological polar surface area (TPSA) is 57.7 Å². The van der Waals surface area contributed by atoms with Crippen LogP contribution in [0.5, 0.6) is 0 Å². The number of carbonyl (C=O) groups excluding carboxylic acids is 1. The fourth-order valence-electron chi connectivity index (χ4n) is 4.38. The van der Waals surface area contributed by atoms with Gasteiger partial charge in [0.25, 0.3) is 0 Å². The third-order valence-corrected chi connectivity index (χ3v) is 7.65. The second-order valence-corrected chi connectivity index (χ2v) is 10.4. The van der Waals surface area contributed by atoms with Crippen molar-refractivity contribution in [1.29, 1.82) is 0 Å². The molecule has 2 aliphatic rings. The highest BCUT2D eigenvalue weighted by Crippen LogP contribution is 2.37. The summed E-state index contributed by atoms with van der Waals surface area (Å²) in [5.74, 6) is 0.0652. The quantitative estimate of drug-likeness (QED) is 0.743. The molecule has 2 atom stereocenters. The highest BCUT2D eigenvalue weighted by molar-refractivity contribution is 7.91. The van der Waals surface area contributed by atoms with E-state index in [1.54, 1.807) is 9.80 Å². The fraction of sp³-hybridized carbons (Fsp3) is 0.409. The number of anilines is 1. The Labute approximate surface area is 166 Å². The predicted octanol–water partition coefficient (Wildman–Crippen LogP) is 3.53. The Hall–Kier alpha value is -2.34. The van der Waals surface area contributed by atoms with Crippen LogP contribution in [0.2, 0.25) is 0 Å². The van der Waals surface area contributed by atoms with Gasteiger partial charge in [-0.15, -0.1) is 0 Å². The van der Waals surface area contributed by atoms with Gasteiger partial charge in [0, 0.05) is 12.2 Å². The Bertz CT molecular complexity index is 1060. The number of amides is 2. The normalized spacial score (nSPS) is 23.4. The number of hydrogen-bond acceptors (Lipinski definition) is 3. The highest BCUT2D eigenvalue weighted by atomic mass is 32.2. The number of sulfone groups is 1. The molecule has 2 amide bonds. The van der Waals surface area contributed by atoms with Crippen molar-refractivity contribution in [2.45, 2.75) is 46.3 Å². The van der Waals surface area contributed by atoms with Crippen LogP contribution in [0.1, 0.15) is 27.8 Å². The van der Waals surface area contributed by atoms with Crippen LogP contribution < -0.4 is 4.90 Å². The molecule has 0 spiro atoms. The molecule has 2 aliphatic heterocycles. The van der Waals surface area contributed by atoms with Crippen LogP contribution in [-0.4, -0.2) is 42.9 Å². The minimum absolute atomic E-state index is 0.0279. The van der Waals surface area contributed by atoms with Crippen molar-refractivity contribution in [2.24, 2.45) is 0 Å². The largest absolute Gasteiger partial charge is 0.325 e. The summed E-state index contributed by atoms with van der Waals surface area (Å²) >= 11 is 0. The molecule has 5 nitrogen and oxygen atoms in total. The number of fused-ring (bicyclic) bond motifs is 1. The van der Waals surface area contributed by atoms with E-state index in [9.17, 15) is 13.2 Å². The Kier molecular flexibility index (Phi) is 4.49. The van der Waals surface area contributed by atoms with Gasteiger partial charge in [-0.2, -0.15) is 0 Å². The van der Waals surface area contributed by atoms with Gasteiger partial charge in [0.15, 0.2) is 9.84 Å². The van der Waals surface area contributed by atoms with Gasteiger partial charge in [-0.3, -0.25) is 4.90 Å². The van der Waals surface area contributed by atoms with E-state index in [2.05, 4.69) is 18.2 Å². The molecular weight excluding hydrogens is 372 g/mol. The highest BCUT2D eigenvalue weighted by Gasteiger charge is 2.54. The van der Waals surface area contributed by atoms with E-state index in [0.717, 1.165) is 33.5 Å². The van der Waals surface area contributed by atoms with Crippen LogP contribution >= 0.6 is 0 Å². The molecule has 0 aromatic heterocycles. The SMILES string of the molecule is Cc1ccc(C)c(CN2C(=O)N(c3cc(C)ccc3C)[C@H]3CS(=O)(=O)C[C@@H]32)c1. The third-order valence-electron chi connectivity index (χ3n) is 5.95. The second kappa shape index (κ2) is 6.62. The molecule has 2 aromatic rings. The van der Waals surface area contributed by atoms with E-state index in [-0.39, 0.29) is 29.6 Å². The maximum atomic E-state index is 13.5. The van der Waals surface area contributed by atoms with Crippen LogP contribution in [0, 0.1) is 27.7 Å². The average Bonchev–Trinajstić information content (AvgIpc) is 3.04. The summed E-state index contributed by atoms with van der Waals surface area (Å²) in [6.45, 7) is 8.44. The van der Waals surface area contributed by atoms with E-state index in [4.69, 9.17) is 0 Å². The number of rotatable bonds is 3. The lowest BCUT2D eigenvalue weighted by Crippen LogP contribution is -2.38. The zero-order valence-electron chi connectivity index (χ0n) is 16.8. The van der Waals surface area contributed by atoms with Crippen molar-refractivity contribution in [3.63, 3.8) is 0 Å². The molecule has 4 rings (SSSR count). The summed E-state index contributed by atoms with van der Waals surface area (Å²) in [5, 5.41) is 0. The summed E-state index contributed by atoms with van der Waals surface area (Å²) in [4.78, 5) is 16.9. The smallest absolute Gasteiger partial charge is 0.314 e. The first-order chi connectivity index (χ1) is 13.2. The van der Waals surface area contributed by atoms with Crippen LogP contribution in [0.15, 0.2) is 36.4 Å². The van der Waals surface area contributed by atoms with Gasteiger partial charge >= 0.3 is 6.03 Å². The minimum atomic E-state index is -3.17. The molecule has 0 saturated carbocycles. The van der Waals surface area contributed by atoms with Crippen LogP contribution in [0.4, 0.5) is 10.5 Å². The molecule has 2 fully saturated rings. The van der Waals surface area contributed by atoms with Crippen molar-refractivity contribution in [3.05, 3.63) is 64.2 Å². The zero-order valence-corrected chi connectivity index (χ0v) is 17.6. The van der Waals surface area contributed by atoms with E-state index in [1.807, 2.05) is 45.9 Å². The zero-order chi connectivity index (χ0) is 20.2. The first kappa shape index (κ1) is 19.0. The standard InChI is InChI=1S/C22H26N2O3S/c1-14-5-7-16(3)18(9-14)11-23-20-12-28(26,27)13-21(20)24(22(23)25)19-10-15(2)6-8-17(19)4/h5-10,20-21H,11-13H2,1-4H3/t20-,21-/m0/s1. The monoisotopic (exact) mass is 398 g/mol. The molecule has 0 radical (unpaired) electrons. The summed E-state index contributed by atoms with van der Waals surface area (Å²) in [7, 11) is -3.17. The lowest BCUT2D eigenvalue weighted by atomic mass is 10.0. The second-order valence-electron chi connectivity index (χ2n) is 8.21. The lowest BCUT2D eigenvalue weighted by Gasteiger charge is -2.25. The van der Waals surface area contributed by atoms with Gasteiger partial charge in [-0.05, 0) is 56.0 Å². The Morgan fingerprint density at radius 3 is 2.21 bits per heavy atom. The number of hydrogen-bond donors (Lipinski definition) is 0. The molecule has 6 heteroatoms. The molecular formula is C22H26N2O3S. The maximum absolute atomic E-state index is 13.5. The number of aryl methyl sites for hydroxylation is 4. The van der Waals surface area contributed by atoms with Crippen molar-refractivity contribution >= 4 is 21.6 Å². The summed E-state index contributed by atoms with van der Waals surface area (Å²) in [6, 6.07) is 11.4. The first-order valence-corrected chi connectivity index (χ1v) is 11.4. The van der Waals surface area contributed by atoms with Gasteiger partial charge in [0.1, 0.15) is 0 Å². The van der Waals surface area contributed by atoms with Crippen molar-refractivity contribution < 1.29 is 13.2 Å². The van der Waals surface area contributed by atoms with E-state index < -0.39 is 9.84 Å². The van der Waals surface area contributed by atoms with Crippen molar-refractivity contribution in [1.82, 2.24) is 4.90 Å². The summed E-state index contributed by atoms with van der Waals surface area (Å²) in [6.07, 6.45) is 0. The minimum Gasteiger partial charge on any atom is -0.314 e. The van der Waals surface area contributed by atoms with Gasteiger partial charge < -0.3 is 4.90 Å². The Morgan fingerprint density at radius 1 is 0.893 bits per heavy atom. The first-order valence-electron chi connectivity index (χ1n) is 9.60. The van der Waals surface area contributed by atoms with Gasteiger partial charge in [-0.1, -0.05) is 35.9 Å². The van der Waals surface area contributed by atoms with Crippen LogP contribution in [-0.2, 0) is 16.4 Å². The third kappa shape index (κ3) is 3.20. The Balaban J connectivity index is 1.77. The molecule has 0 N–H and O–H groups in total. The molecule has 28 heavy (non-hydrogen) atoms. The number of carbonyl (C=O) groups is 1. The molecule has 2 saturated heterocycles. The van der Waals surface area contributed by atoms with Gasteiger partial charge in [0.2, 0.25) is 0 Å². The molecule has 0 unspecified atom stereocenters. The fourth-order valence-corrected chi connectivity index (χ4v) is 6.33. The lowest BCUT2D eigenvalue weighted by molar-refractivity contribution is 0.205. The van der Waals surface area contributed by atoms with Gasteiger partial charge in [0.05, 0.1) is 23.6 Å². The number of nitrogens with zero attached hydrogens (tertiary/aromatic N) is 2.